The lowest BCUT2D eigenvalue weighted by Gasteiger charge is -2.28. The number of fused-ring (bicyclic) bond motifs is 2. The number of nitrogens with two attached hydrogens (primary N) is 1. The molecule has 208 valence electrons. The summed E-state index contributed by atoms with van der Waals surface area (Å²) in [6.07, 6.45) is 4.08. The highest BCUT2D eigenvalue weighted by Crippen LogP contribution is 2.38. The number of hydrogen-bond acceptors (Lipinski definition) is 8. The van der Waals surface area contributed by atoms with Gasteiger partial charge < -0.3 is 24.7 Å². The van der Waals surface area contributed by atoms with Crippen molar-refractivity contribution in [1.29, 1.82) is 0 Å². The summed E-state index contributed by atoms with van der Waals surface area (Å²) in [4.78, 5) is 28.2. The van der Waals surface area contributed by atoms with Gasteiger partial charge >= 0.3 is 6.09 Å². The fourth-order valence-corrected chi connectivity index (χ4v) is 5.52. The SMILES string of the molecule is COC[C@H]1CC(n2nc(C#Cc3ccc4c(c3)nc(C)n4C3CC3)c3c(N)ncnc32)CN1C(=O)OC(C)(C)C. The maximum absolute atomic E-state index is 13.0. The monoisotopic (exact) mass is 542 g/mol. The van der Waals surface area contributed by atoms with E-state index in [1.54, 1.807) is 12.0 Å². The summed E-state index contributed by atoms with van der Waals surface area (Å²) in [5.41, 5.74) is 9.68. The molecule has 0 bridgehead atoms. The van der Waals surface area contributed by atoms with Crippen LogP contribution in [0, 0.1) is 18.8 Å². The van der Waals surface area contributed by atoms with Gasteiger partial charge in [0.1, 0.15) is 29.3 Å². The molecule has 2 aliphatic rings. The highest BCUT2D eigenvalue weighted by molar-refractivity contribution is 5.90. The largest absolute Gasteiger partial charge is 0.444 e. The van der Waals surface area contributed by atoms with Crippen LogP contribution in [0.4, 0.5) is 10.6 Å². The van der Waals surface area contributed by atoms with Gasteiger partial charge in [-0.05, 0) is 71.1 Å². The quantitative estimate of drug-likeness (QED) is 0.384. The number of aromatic nitrogens is 6. The number of hydrogen-bond donors (Lipinski definition) is 1. The highest BCUT2D eigenvalue weighted by Gasteiger charge is 2.39. The van der Waals surface area contributed by atoms with E-state index in [9.17, 15) is 4.79 Å². The maximum atomic E-state index is 13.0. The number of nitrogen functional groups attached to an aromatic ring is 1. The van der Waals surface area contributed by atoms with Crippen LogP contribution in [0.15, 0.2) is 24.5 Å². The van der Waals surface area contributed by atoms with Crippen molar-refractivity contribution < 1.29 is 14.3 Å². The van der Waals surface area contributed by atoms with Gasteiger partial charge in [-0.1, -0.05) is 5.92 Å². The molecule has 1 aliphatic carbocycles. The summed E-state index contributed by atoms with van der Waals surface area (Å²) in [7, 11) is 1.63. The fourth-order valence-electron chi connectivity index (χ4n) is 5.52. The molecular formula is C29H34N8O3. The Balaban J connectivity index is 1.34. The van der Waals surface area contributed by atoms with Gasteiger partial charge in [0.25, 0.3) is 0 Å². The third kappa shape index (κ3) is 4.84. The number of benzene rings is 1. The number of anilines is 1. The van der Waals surface area contributed by atoms with Gasteiger partial charge in [0.2, 0.25) is 0 Å². The molecule has 1 saturated heterocycles. The smallest absolute Gasteiger partial charge is 0.410 e. The number of nitrogens with zero attached hydrogens (tertiary/aromatic N) is 7. The predicted octanol–water partition coefficient (Wildman–Crippen LogP) is 4.00. The third-order valence-electron chi connectivity index (χ3n) is 7.35. The lowest BCUT2D eigenvalue weighted by atomic mass is 10.2. The fraction of sp³-hybridized carbons (Fsp3) is 0.483. The minimum absolute atomic E-state index is 0.161. The first-order valence-electron chi connectivity index (χ1n) is 13.6. The Morgan fingerprint density at radius 1 is 1.18 bits per heavy atom. The molecule has 2 atom stereocenters. The predicted molar refractivity (Wildman–Crippen MR) is 151 cm³/mol. The second-order valence-corrected chi connectivity index (χ2v) is 11.6. The molecule has 1 aromatic carbocycles. The van der Waals surface area contributed by atoms with E-state index in [0.29, 0.717) is 48.2 Å². The number of methoxy groups -OCH3 is 1. The van der Waals surface area contributed by atoms with Gasteiger partial charge in [-0.25, -0.2) is 24.4 Å². The number of likely N-dealkylation sites (tertiary alicyclic amines) is 1. The van der Waals surface area contributed by atoms with Crippen molar-refractivity contribution in [1.82, 2.24) is 34.2 Å². The van der Waals surface area contributed by atoms with Crippen molar-refractivity contribution in [2.45, 2.75) is 70.7 Å². The zero-order chi connectivity index (χ0) is 28.2. The van der Waals surface area contributed by atoms with E-state index in [0.717, 1.165) is 22.4 Å². The molecule has 1 amide bonds. The van der Waals surface area contributed by atoms with E-state index in [-0.39, 0.29) is 18.2 Å². The molecule has 2 fully saturated rings. The number of rotatable bonds is 4. The van der Waals surface area contributed by atoms with Gasteiger partial charge in [-0.15, -0.1) is 0 Å². The number of carbonyl (C=O) groups is 1. The van der Waals surface area contributed by atoms with Crippen LogP contribution < -0.4 is 5.73 Å². The van der Waals surface area contributed by atoms with Gasteiger partial charge in [0, 0.05) is 25.3 Å². The Morgan fingerprint density at radius 2 is 1.98 bits per heavy atom. The first-order valence-corrected chi connectivity index (χ1v) is 13.6. The van der Waals surface area contributed by atoms with Crippen molar-refractivity contribution in [2.75, 3.05) is 26.0 Å². The zero-order valence-corrected chi connectivity index (χ0v) is 23.5. The molecular weight excluding hydrogens is 508 g/mol. The van der Waals surface area contributed by atoms with Crippen molar-refractivity contribution in [2.24, 2.45) is 0 Å². The first-order chi connectivity index (χ1) is 19.1. The molecule has 3 aromatic heterocycles. The van der Waals surface area contributed by atoms with Gasteiger partial charge in [-0.3, -0.25) is 0 Å². The Kier molecular flexibility index (Phi) is 6.38. The molecule has 4 heterocycles. The van der Waals surface area contributed by atoms with Crippen molar-refractivity contribution in [3.05, 3.63) is 41.6 Å². The van der Waals surface area contributed by atoms with Crippen LogP contribution in [0.5, 0.6) is 0 Å². The van der Waals surface area contributed by atoms with E-state index in [1.165, 1.54) is 19.2 Å². The minimum Gasteiger partial charge on any atom is -0.444 e. The third-order valence-corrected chi connectivity index (χ3v) is 7.35. The first kappa shape index (κ1) is 26.1. The van der Waals surface area contributed by atoms with E-state index in [1.807, 2.05) is 37.6 Å². The molecule has 1 unspecified atom stereocenters. The topological polar surface area (TPSA) is 126 Å². The minimum atomic E-state index is -0.604. The Hall–Kier alpha value is -4.17. The Labute approximate surface area is 232 Å². The van der Waals surface area contributed by atoms with Gasteiger partial charge in [0.05, 0.1) is 35.1 Å². The molecule has 11 heteroatoms. The van der Waals surface area contributed by atoms with Crippen LogP contribution in [0.1, 0.15) is 69.2 Å². The van der Waals surface area contributed by atoms with Gasteiger partial charge in [0.15, 0.2) is 5.65 Å². The van der Waals surface area contributed by atoms with Crippen molar-refractivity contribution in [3.63, 3.8) is 0 Å². The standard InChI is InChI=1S/C29H34N8O3/c1-17-33-23-12-18(7-11-24(23)36(17)19-8-9-19)6-10-22-25-26(30)31-16-32-27(25)37(34-22)20-13-21(15-39-5)35(14-20)28(38)40-29(2,3)4/h7,11-12,16,19-21H,8-9,13-15H2,1-5H3,(H2,30,31,32)/t20?,21-/m1/s1. The van der Waals surface area contributed by atoms with Crippen LogP contribution >= 0.6 is 0 Å². The summed E-state index contributed by atoms with van der Waals surface area (Å²) >= 11 is 0. The number of imidazole rings is 1. The van der Waals surface area contributed by atoms with Gasteiger partial charge in [-0.2, -0.15) is 5.10 Å². The second-order valence-electron chi connectivity index (χ2n) is 11.6. The normalized spacial score (nSPS) is 19.3. The van der Waals surface area contributed by atoms with Crippen LogP contribution in [0.3, 0.4) is 0 Å². The van der Waals surface area contributed by atoms with Crippen LogP contribution in [-0.4, -0.2) is 72.2 Å². The molecule has 40 heavy (non-hydrogen) atoms. The lowest BCUT2D eigenvalue weighted by molar-refractivity contribution is 0.0145. The van der Waals surface area contributed by atoms with Crippen LogP contribution in [0.2, 0.25) is 0 Å². The molecule has 2 N–H and O–H groups in total. The molecule has 6 rings (SSSR count). The summed E-state index contributed by atoms with van der Waals surface area (Å²) in [6.45, 7) is 8.40. The Bertz CT molecular complexity index is 1670. The average Bonchev–Trinajstić information content (AvgIpc) is 3.37. The summed E-state index contributed by atoms with van der Waals surface area (Å²) in [5, 5.41) is 5.44. The van der Waals surface area contributed by atoms with Crippen molar-refractivity contribution in [3.8, 4) is 11.8 Å². The summed E-state index contributed by atoms with van der Waals surface area (Å²) < 4.78 is 15.2. The lowest BCUT2D eigenvalue weighted by Crippen LogP contribution is -2.41. The maximum Gasteiger partial charge on any atom is 0.410 e. The highest BCUT2D eigenvalue weighted by atomic mass is 16.6. The molecule has 11 nitrogen and oxygen atoms in total. The number of carbonyl (C=O) groups excluding carboxylic acids is 1. The van der Waals surface area contributed by atoms with E-state index >= 15 is 0 Å². The molecule has 1 saturated carbocycles. The zero-order valence-electron chi connectivity index (χ0n) is 23.5. The van der Waals surface area contributed by atoms with Crippen LogP contribution in [-0.2, 0) is 9.47 Å². The molecule has 0 radical (unpaired) electrons. The summed E-state index contributed by atoms with van der Waals surface area (Å²) in [6, 6.07) is 6.35. The number of amides is 1. The van der Waals surface area contributed by atoms with E-state index < -0.39 is 5.60 Å². The summed E-state index contributed by atoms with van der Waals surface area (Å²) in [5.74, 6) is 7.79. The molecule has 0 spiro atoms. The van der Waals surface area contributed by atoms with E-state index in [4.69, 9.17) is 25.3 Å². The Morgan fingerprint density at radius 3 is 2.70 bits per heavy atom. The number of aryl methyl sites for hydroxylation is 1. The average molecular weight is 543 g/mol. The number of ether oxygens (including phenoxy) is 2. The second kappa shape index (κ2) is 9.78. The van der Waals surface area contributed by atoms with Crippen molar-refractivity contribution >= 4 is 34.0 Å². The van der Waals surface area contributed by atoms with Crippen LogP contribution in [0.25, 0.3) is 22.1 Å². The molecule has 1 aliphatic heterocycles. The molecule has 4 aromatic rings. The van der Waals surface area contributed by atoms with E-state index in [2.05, 4.69) is 39.4 Å².